The maximum Gasteiger partial charge on any atom is 0.129 e. The second-order valence-corrected chi connectivity index (χ2v) is 3.75. The van der Waals surface area contributed by atoms with Crippen LogP contribution in [0.2, 0.25) is 0 Å². The average Bonchev–Trinajstić information content (AvgIpc) is 2.88. The molecule has 1 saturated heterocycles. The first-order valence-corrected chi connectivity index (χ1v) is 4.74. The third kappa shape index (κ3) is 1.51. The number of hydrogen-bond donors (Lipinski definition) is 0. The molecule has 1 heteroatoms. The largest absolute Gasteiger partial charge is 0.311 e. The first-order chi connectivity index (χ1) is 5.85. The summed E-state index contributed by atoms with van der Waals surface area (Å²) in [6.45, 7) is 7.57. The predicted molar refractivity (Wildman–Crippen MR) is 50.7 cm³/mol. The lowest BCUT2D eigenvalue weighted by Gasteiger charge is -2.15. The fourth-order valence-electron chi connectivity index (χ4n) is 1.70. The SMILES string of the molecule is CC[N+]1(Cc2ccccc2)CC1. The van der Waals surface area contributed by atoms with Gasteiger partial charge in [-0.05, 0) is 6.92 Å². The molecule has 1 aromatic rings. The van der Waals surface area contributed by atoms with Gasteiger partial charge in [-0.1, -0.05) is 30.3 Å². The highest BCUT2D eigenvalue weighted by molar-refractivity contribution is 5.13. The summed E-state index contributed by atoms with van der Waals surface area (Å²) in [5.41, 5.74) is 1.48. The zero-order chi connectivity index (χ0) is 8.44. The standard InChI is InChI=1S/C11H16N/c1-2-12(8-9-12)10-11-6-4-3-5-7-11/h3-7H,2,8-10H2,1H3/q+1. The number of likely N-dealkylation sites (N-methyl/N-ethyl adjacent to an activating group) is 1. The highest BCUT2D eigenvalue weighted by atomic mass is 15.5. The Bertz CT molecular complexity index is 249. The van der Waals surface area contributed by atoms with E-state index in [-0.39, 0.29) is 0 Å². The summed E-state index contributed by atoms with van der Waals surface area (Å²) in [4.78, 5) is 0. The lowest BCUT2D eigenvalue weighted by atomic mass is 10.2. The van der Waals surface area contributed by atoms with E-state index in [1.807, 2.05) is 0 Å². The number of benzene rings is 1. The van der Waals surface area contributed by atoms with E-state index in [2.05, 4.69) is 37.3 Å². The lowest BCUT2D eigenvalue weighted by molar-refractivity contribution is -0.811. The Kier molecular flexibility index (Phi) is 1.89. The van der Waals surface area contributed by atoms with Crippen molar-refractivity contribution in [2.75, 3.05) is 19.6 Å². The molecule has 1 heterocycles. The van der Waals surface area contributed by atoms with Crippen molar-refractivity contribution >= 4 is 0 Å². The second kappa shape index (κ2) is 2.91. The molecule has 1 aliphatic heterocycles. The summed E-state index contributed by atoms with van der Waals surface area (Å²) in [7, 11) is 0. The lowest BCUT2D eigenvalue weighted by Crippen LogP contribution is -2.24. The minimum Gasteiger partial charge on any atom is -0.311 e. The highest BCUT2D eigenvalue weighted by Crippen LogP contribution is 2.24. The predicted octanol–water partition coefficient (Wildman–Crippen LogP) is 2.04. The summed E-state index contributed by atoms with van der Waals surface area (Å²) in [5.74, 6) is 0. The molecule has 0 saturated carbocycles. The summed E-state index contributed by atoms with van der Waals surface area (Å²) in [6, 6.07) is 10.8. The van der Waals surface area contributed by atoms with Gasteiger partial charge in [0.2, 0.25) is 0 Å². The van der Waals surface area contributed by atoms with Gasteiger partial charge in [0.15, 0.2) is 0 Å². The zero-order valence-electron chi connectivity index (χ0n) is 7.66. The third-order valence-electron chi connectivity index (χ3n) is 2.89. The van der Waals surface area contributed by atoms with Gasteiger partial charge in [0, 0.05) is 5.56 Å². The van der Waals surface area contributed by atoms with Crippen molar-refractivity contribution in [3.63, 3.8) is 0 Å². The van der Waals surface area contributed by atoms with Crippen LogP contribution in [0.15, 0.2) is 30.3 Å². The monoisotopic (exact) mass is 162 g/mol. The molecule has 0 unspecified atom stereocenters. The molecule has 12 heavy (non-hydrogen) atoms. The summed E-state index contributed by atoms with van der Waals surface area (Å²) >= 11 is 0. The van der Waals surface area contributed by atoms with E-state index in [1.165, 1.54) is 36.2 Å². The Balaban J connectivity index is 2.04. The van der Waals surface area contributed by atoms with Crippen LogP contribution >= 0.6 is 0 Å². The molecule has 64 valence electrons. The van der Waals surface area contributed by atoms with Gasteiger partial charge < -0.3 is 4.48 Å². The van der Waals surface area contributed by atoms with E-state index in [0.29, 0.717) is 0 Å². The normalized spacial score (nSPS) is 19.1. The van der Waals surface area contributed by atoms with Crippen LogP contribution in [0.3, 0.4) is 0 Å². The molecule has 0 aliphatic carbocycles. The van der Waals surface area contributed by atoms with E-state index in [1.54, 1.807) is 0 Å². The van der Waals surface area contributed by atoms with Gasteiger partial charge in [0.1, 0.15) is 19.6 Å². The number of hydrogen-bond acceptors (Lipinski definition) is 0. The topological polar surface area (TPSA) is 0 Å². The van der Waals surface area contributed by atoms with Crippen molar-refractivity contribution in [3.8, 4) is 0 Å². The molecule has 1 aliphatic rings. The van der Waals surface area contributed by atoms with Crippen molar-refractivity contribution in [3.05, 3.63) is 35.9 Å². The van der Waals surface area contributed by atoms with Crippen LogP contribution in [0, 0.1) is 0 Å². The van der Waals surface area contributed by atoms with Crippen LogP contribution in [0.25, 0.3) is 0 Å². The van der Waals surface area contributed by atoms with Crippen molar-refractivity contribution in [2.24, 2.45) is 0 Å². The quantitative estimate of drug-likeness (QED) is 0.471. The van der Waals surface area contributed by atoms with Gasteiger partial charge >= 0.3 is 0 Å². The van der Waals surface area contributed by atoms with Gasteiger partial charge in [-0.25, -0.2) is 0 Å². The number of quaternary nitrogens is 1. The maximum absolute atomic E-state index is 2.29. The molecular formula is C11H16N+. The highest BCUT2D eigenvalue weighted by Gasteiger charge is 2.39. The van der Waals surface area contributed by atoms with E-state index in [0.717, 1.165) is 0 Å². The first kappa shape index (κ1) is 7.81. The van der Waals surface area contributed by atoms with Crippen LogP contribution in [0.4, 0.5) is 0 Å². The Hall–Kier alpha value is -0.820. The molecule has 0 radical (unpaired) electrons. The minimum absolute atomic E-state index is 1.23. The van der Waals surface area contributed by atoms with Crippen molar-refractivity contribution < 1.29 is 4.48 Å². The fraction of sp³-hybridized carbons (Fsp3) is 0.455. The Morgan fingerprint density at radius 3 is 2.33 bits per heavy atom. The Morgan fingerprint density at radius 1 is 1.17 bits per heavy atom. The van der Waals surface area contributed by atoms with Crippen molar-refractivity contribution in [1.29, 1.82) is 0 Å². The average molecular weight is 162 g/mol. The van der Waals surface area contributed by atoms with Gasteiger partial charge in [-0.2, -0.15) is 0 Å². The summed E-state index contributed by atoms with van der Waals surface area (Å²) in [5, 5.41) is 0. The van der Waals surface area contributed by atoms with Crippen molar-refractivity contribution in [2.45, 2.75) is 13.5 Å². The van der Waals surface area contributed by atoms with Crippen LogP contribution in [-0.4, -0.2) is 24.1 Å². The molecular weight excluding hydrogens is 146 g/mol. The molecule has 2 rings (SSSR count). The van der Waals surface area contributed by atoms with Crippen LogP contribution in [0.1, 0.15) is 12.5 Å². The number of nitrogens with zero attached hydrogens (tertiary/aromatic N) is 1. The minimum atomic E-state index is 1.23. The first-order valence-electron chi connectivity index (χ1n) is 4.74. The van der Waals surface area contributed by atoms with E-state index >= 15 is 0 Å². The molecule has 0 aromatic heterocycles. The van der Waals surface area contributed by atoms with Gasteiger partial charge in [-0.3, -0.25) is 0 Å². The van der Waals surface area contributed by atoms with Crippen molar-refractivity contribution in [1.82, 2.24) is 0 Å². The molecule has 0 amide bonds. The van der Waals surface area contributed by atoms with E-state index < -0.39 is 0 Å². The zero-order valence-corrected chi connectivity index (χ0v) is 7.66. The van der Waals surface area contributed by atoms with Gasteiger partial charge in [0.25, 0.3) is 0 Å². The molecule has 1 fully saturated rings. The third-order valence-corrected chi connectivity index (χ3v) is 2.89. The maximum atomic E-state index is 2.29. The van der Waals surface area contributed by atoms with E-state index in [9.17, 15) is 0 Å². The fourth-order valence-corrected chi connectivity index (χ4v) is 1.70. The van der Waals surface area contributed by atoms with Gasteiger partial charge in [0.05, 0.1) is 6.54 Å². The second-order valence-electron chi connectivity index (χ2n) is 3.75. The van der Waals surface area contributed by atoms with Crippen LogP contribution in [0.5, 0.6) is 0 Å². The molecule has 0 atom stereocenters. The summed E-state index contributed by atoms with van der Waals surface area (Å²) < 4.78 is 1.31. The Labute approximate surface area is 74.2 Å². The summed E-state index contributed by atoms with van der Waals surface area (Å²) in [6.07, 6.45) is 0. The van der Waals surface area contributed by atoms with Crippen LogP contribution in [-0.2, 0) is 6.54 Å². The molecule has 0 bridgehead atoms. The molecule has 0 spiro atoms. The molecule has 1 nitrogen and oxygen atoms in total. The van der Waals surface area contributed by atoms with Crippen LogP contribution < -0.4 is 0 Å². The molecule has 1 aromatic carbocycles. The number of rotatable bonds is 3. The Morgan fingerprint density at radius 2 is 1.83 bits per heavy atom. The molecule has 0 N–H and O–H groups in total. The van der Waals surface area contributed by atoms with Gasteiger partial charge in [-0.15, -0.1) is 0 Å². The smallest absolute Gasteiger partial charge is 0.129 e. The van der Waals surface area contributed by atoms with E-state index in [4.69, 9.17) is 0 Å².